The first kappa shape index (κ1) is 14.4. The number of anilines is 1. The van der Waals surface area contributed by atoms with E-state index in [0.717, 1.165) is 44.5 Å². The van der Waals surface area contributed by atoms with Crippen LogP contribution in [-0.2, 0) is 9.47 Å². The minimum absolute atomic E-state index is 0.0635. The number of benzene rings is 1. The van der Waals surface area contributed by atoms with Crippen LogP contribution in [0.15, 0.2) is 30.3 Å². The number of ether oxygens (including phenoxy) is 2. The molecule has 2 unspecified atom stereocenters. The minimum Gasteiger partial charge on any atom is -0.356 e. The number of hydrogen-bond donors (Lipinski definition) is 0. The van der Waals surface area contributed by atoms with Crippen molar-refractivity contribution < 1.29 is 9.47 Å². The van der Waals surface area contributed by atoms with Gasteiger partial charge in [0.05, 0.1) is 12.2 Å². The molecule has 0 radical (unpaired) electrons. The summed E-state index contributed by atoms with van der Waals surface area (Å²) in [6, 6.07) is 12.5. The predicted molar refractivity (Wildman–Crippen MR) is 80.9 cm³/mol. The van der Waals surface area contributed by atoms with Crippen LogP contribution in [0.2, 0.25) is 0 Å². The molecule has 0 aromatic heterocycles. The Morgan fingerprint density at radius 1 is 1.19 bits per heavy atom. The number of piperidine rings is 1. The van der Waals surface area contributed by atoms with Crippen molar-refractivity contribution in [2.75, 3.05) is 18.1 Å². The van der Waals surface area contributed by atoms with Crippen LogP contribution in [0.3, 0.4) is 0 Å². The Morgan fingerprint density at radius 2 is 2.05 bits per heavy atom. The monoisotopic (exact) mass is 286 g/mol. The van der Waals surface area contributed by atoms with Crippen LogP contribution in [-0.4, -0.2) is 31.6 Å². The highest BCUT2D eigenvalue weighted by molar-refractivity contribution is 5.49. The van der Waals surface area contributed by atoms with Crippen molar-refractivity contribution in [3.8, 4) is 6.07 Å². The third kappa shape index (κ3) is 3.55. The van der Waals surface area contributed by atoms with Crippen LogP contribution >= 0.6 is 0 Å². The zero-order valence-electron chi connectivity index (χ0n) is 12.3. The molecule has 0 N–H and O–H groups in total. The smallest absolute Gasteiger partial charge is 0.157 e. The van der Waals surface area contributed by atoms with Crippen molar-refractivity contribution in [1.29, 1.82) is 5.26 Å². The summed E-state index contributed by atoms with van der Waals surface area (Å²) in [4.78, 5) is 2.18. The van der Waals surface area contributed by atoms with E-state index >= 15 is 0 Å². The van der Waals surface area contributed by atoms with E-state index in [4.69, 9.17) is 9.47 Å². The third-order valence-corrected chi connectivity index (χ3v) is 4.27. The molecule has 21 heavy (non-hydrogen) atoms. The summed E-state index contributed by atoms with van der Waals surface area (Å²) in [5, 5.41) is 9.47. The molecule has 2 heterocycles. The van der Waals surface area contributed by atoms with Crippen molar-refractivity contribution in [1.82, 2.24) is 0 Å². The Bertz CT molecular complexity index is 479. The molecule has 3 rings (SSSR count). The van der Waals surface area contributed by atoms with Gasteiger partial charge in [0.2, 0.25) is 0 Å². The summed E-state index contributed by atoms with van der Waals surface area (Å²) >= 11 is 0. The van der Waals surface area contributed by atoms with Crippen LogP contribution in [0.1, 0.15) is 32.1 Å². The normalized spacial score (nSPS) is 29.9. The lowest BCUT2D eigenvalue weighted by molar-refractivity contribution is -0.192. The van der Waals surface area contributed by atoms with Gasteiger partial charge in [-0.3, -0.25) is 0 Å². The minimum atomic E-state index is -0.116. The summed E-state index contributed by atoms with van der Waals surface area (Å²) in [6.07, 6.45) is 5.07. The highest BCUT2D eigenvalue weighted by Crippen LogP contribution is 2.27. The summed E-state index contributed by atoms with van der Waals surface area (Å²) in [5.74, 6) is 0. The fourth-order valence-electron chi connectivity index (χ4n) is 3.14. The average Bonchev–Trinajstić information content (AvgIpc) is 2.56. The van der Waals surface area contributed by atoms with Gasteiger partial charge >= 0.3 is 0 Å². The van der Waals surface area contributed by atoms with Crippen LogP contribution in [0.25, 0.3) is 0 Å². The predicted octanol–water partition coefficient (Wildman–Crippen LogP) is 3.09. The van der Waals surface area contributed by atoms with Gasteiger partial charge in [0.25, 0.3) is 0 Å². The largest absolute Gasteiger partial charge is 0.356 e. The molecule has 3 atom stereocenters. The molecule has 1 aromatic rings. The molecule has 1 aromatic carbocycles. The standard InChI is InChI=1S/C17H22N2O2/c18-13-15-12-16(21-17-8-4-5-11-20-17)9-10-19(15)14-6-2-1-3-7-14/h1-3,6-7,15-17H,4-5,8-12H2/t15?,16-,17?/m0/s1. The third-order valence-electron chi connectivity index (χ3n) is 4.27. The van der Waals surface area contributed by atoms with Crippen LogP contribution in [0.5, 0.6) is 0 Å². The molecule has 112 valence electrons. The first-order chi connectivity index (χ1) is 10.4. The average molecular weight is 286 g/mol. The fraction of sp³-hybridized carbons (Fsp3) is 0.588. The van der Waals surface area contributed by atoms with Gasteiger partial charge in [-0.25, -0.2) is 0 Å². The van der Waals surface area contributed by atoms with Gasteiger partial charge in [0.15, 0.2) is 6.29 Å². The lowest BCUT2D eigenvalue weighted by atomic mass is 9.99. The molecule has 0 amide bonds. The molecule has 0 bridgehead atoms. The second-order valence-electron chi connectivity index (χ2n) is 5.75. The fourth-order valence-corrected chi connectivity index (χ4v) is 3.14. The highest BCUT2D eigenvalue weighted by Gasteiger charge is 2.31. The van der Waals surface area contributed by atoms with Crippen LogP contribution in [0, 0.1) is 11.3 Å². The molecule has 0 aliphatic carbocycles. The highest BCUT2D eigenvalue weighted by atomic mass is 16.7. The molecule has 0 spiro atoms. The molecule has 2 aliphatic heterocycles. The zero-order chi connectivity index (χ0) is 14.5. The second kappa shape index (κ2) is 6.93. The number of rotatable bonds is 3. The van der Waals surface area contributed by atoms with Gasteiger partial charge in [0.1, 0.15) is 6.04 Å². The summed E-state index contributed by atoms with van der Waals surface area (Å²) in [5.41, 5.74) is 1.12. The number of nitriles is 1. The van der Waals surface area contributed by atoms with E-state index in [0.29, 0.717) is 0 Å². The lowest BCUT2D eigenvalue weighted by Crippen LogP contribution is -2.45. The molecule has 2 aliphatic rings. The topological polar surface area (TPSA) is 45.5 Å². The first-order valence-corrected chi connectivity index (χ1v) is 7.85. The van der Waals surface area contributed by atoms with Gasteiger partial charge in [-0.15, -0.1) is 0 Å². The van der Waals surface area contributed by atoms with Crippen LogP contribution < -0.4 is 4.90 Å². The van der Waals surface area contributed by atoms with Crippen molar-refractivity contribution in [2.24, 2.45) is 0 Å². The molecule has 2 saturated heterocycles. The van der Waals surface area contributed by atoms with Crippen molar-refractivity contribution in [3.05, 3.63) is 30.3 Å². The number of para-hydroxylation sites is 1. The molecule has 4 heteroatoms. The van der Waals surface area contributed by atoms with Gasteiger partial charge in [-0.05, 0) is 37.8 Å². The van der Waals surface area contributed by atoms with E-state index in [1.54, 1.807) is 0 Å². The summed E-state index contributed by atoms with van der Waals surface area (Å²) < 4.78 is 11.7. The maximum Gasteiger partial charge on any atom is 0.157 e. The maximum atomic E-state index is 9.47. The van der Waals surface area contributed by atoms with E-state index in [2.05, 4.69) is 23.1 Å². The molecule has 4 nitrogen and oxygen atoms in total. The summed E-state index contributed by atoms with van der Waals surface area (Å²) in [6.45, 7) is 1.66. The zero-order valence-corrected chi connectivity index (χ0v) is 12.3. The Balaban J connectivity index is 1.60. The Labute approximate surface area is 126 Å². The second-order valence-corrected chi connectivity index (χ2v) is 5.75. The first-order valence-electron chi connectivity index (χ1n) is 7.85. The number of hydrogen-bond acceptors (Lipinski definition) is 4. The van der Waals surface area contributed by atoms with Gasteiger partial charge in [-0.1, -0.05) is 18.2 Å². The van der Waals surface area contributed by atoms with Gasteiger partial charge in [-0.2, -0.15) is 5.26 Å². The molecule has 0 saturated carbocycles. The van der Waals surface area contributed by atoms with Gasteiger partial charge in [0, 0.05) is 25.3 Å². The maximum absolute atomic E-state index is 9.47. The van der Waals surface area contributed by atoms with Crippen molar-refractivity contribution in [2.45, 2.75) is 50.5 Å². The van der Waals surface area contributed by atoms with E-state index in [-0.39, 0.29) is 18.4 Å². The van der Waals surface area contributed by atoms with E-state index < -0.39 is 0 Å². The van der Waals surface area contributed by atoms with E-state index in [1.807, 2.05) is 18.2 Å². The Kier molecular flexibility index (Phi) is 4.74. The van der Waals surface area contributed by atoms with Crippen molar-refractivity contribution in [3.63, 3.8) is 0 Å². The SMILES string of the molecule is N#CC1C[C@@H](OC2CCCCO2)CCN1c1ccccc1. The quantitative estimate of drug-likeness (QED) is 0.856. The van der Waals surface area contributed by atoms with Gasteiger partial charge < -0.3 is 14.4 Å². The van der Waals surface area contributed by atoms with Crippen molar-refractivity contribution >= 4 is 5.69 Å². The Morgan fingerprint density at radius 3 is 2.76 bits per heavy atom. The Hall–Kier alpha value is -1.57. The summed E-state index contributed by atoms with van der Waals surface area (Å²) in [7, 11) is 0. The lowest BCUT2D eigenvalue weighted by Gasteiger charge is -2.39. The molecule has 2 fully saturated rings. The molecular weight excluding hydrogens is 264 g/mol. The number of nitrogens with zero attached hydrogens (tertiary/aromatic N) is 2. The van der Waals surface area contributed by atoms with E-state index in [9.17, 15) is 5.26 Å². The van der Waals surface area contributed by atoms with Crippen LogP contribution in [0.4, 0.5) is 5.69 Å². The molecular formula is C17H22N2O2. The van der Waals surface area contributed by atoms with E-state index in [1.165, 1.54) is 6.42 Å².